The Morgan fingerprint density at radius 1 is 1.16 bits per heavy atom. The summed E-state index contributed by atoms with van der Waals surface area (Å²) in [5, 5.41) is 10.3. The quantitative estimate of drug-likeness (QED) is 0.537. The Bertz CT molecular complexity index is 918. The monoisotopic (exact) mass is 458 g/mol. The lowest BCUT2D eigenvalue weighted by Gasteiger charge is -2.29. The zero-order chi connectivity index (χ0) is 23.7. The van der Waals surface area contributed by atoms with Gasteiger partial charge in [-0.3, -0.25) is 4.79 Å². The highest BCUT2D eigenvalue weighted by molar-refractivity contribution is 6.30. The molecule has 1 heterocycles. The molecule has 0 aliphatic heterocycles. The maximum absolute atomic E-state index is 14.1. The lowest BCUT2D eigenvalue weighted by atomic mass is 9.99. The first-order valence-electron chi connectivity index (χ1n) is 10.3. The molecule has 1 aromatic carbocycles. The second-order valence-corrected chi connectivity index (χ2v) is 8.98. The first-order chi connectivity index (χ1) is 14.3. The van der Waals surface area contributed by atoms with Crippen molar-refractivity contribution in [3.8, 4) is 11.1 Å². The highest BCUT2D eigenvalue weighted by atomic mass is 35.5. The first kappa shape index (κ1) is 25.3. The topological polar surface area (TPSA) is 45.5 Å². The second kappa shape index (κ2) is 9.65. The Hall–Kier alpha value is -1.99. The SMILES string of the molecule is Cc1c(-c2ccc(Cl)cc2)c(C(=O)N(C)C(CO)CC(C)C)n(C(C)C)c1C(F)(F)F. The summed E-state index contributed by atoms with van der Waals surface area (Å²) in [7, 11) is 1.53. The fraction of sp³-hybridized carbons (Fsp3) is 0.522. The van der Waals surface area contributed by atoms with Crippen molar-refractivity contribution in [2.75, 3.05) is 13.7 Å². The summed E-state index contributed by atoms with van der Waals surface area (Å²) in [6.07, 6.45) is -4.11. The minimum absolute atomic E-state index is 0.00956. The molecule has 31 heavy (non-hydrogen) atoms. The van der Waals surface area contributed by atoms with Crippen molar-refractivity contribution in [2.45, 2.75) is 59.3 Å². The van der Waals surface area contributed by atoms with Crippen molar-refractivity contribution >= 4 is 17.5 Å². The third kappa shape index (κ3) is 5.26. The molecule has 1 N–H and O–H groups in total. The molecule has 172 valence electrons. The number of carbonyl (C=O) groups excluding carboxylic acids is 1. The number of carbonyl (C=O) groups is 1. The number of aliphatic hydroxyl groups excluding tert-OH is 1. The number of hydrogen-bond acceptors (Lipinski definition) is 2. The molecule has 0 spiro atoms. The predicted molar refractivity (Wildman–Crippen MR) is 117 cm³/mol. The summed E-state index contributed by atoms with van der Waals surface area (Å²) < 4.78 is 43.4. The highest BCUT2D eigenvalue weighted by Gasteiger charge is 2.42. The van der Waals surface area contributed by atoms with Crippen LogP contribution < -0.4 is 0 Å². The number of rotatable bonds is 7. The van der Waals surface area contributed by atoms with Crippen molar-refractivity contribution in [2.24, 2.45) is 5.92 Å². The van der Waals surface area contributed by atoms with Crippen LogP contribution in [0.5, 0.6) is 0 Å². The number of aliphatic hydroxyl groups is 1. The van der Waals surface area contributed by atoms with Crippen molar-refractivity contribution in [1.29, 1.82) is 0 Å². The summed E-state index contributed by atoms with van der Waals surface area (Å²) in [4.78, 5) is 15.0. The van der Waals surface area contributed by atoms with E-state index in [9.17, 15) is 23.1 Å². The number of benzene rings is 1. The molecule has 1 amide bonds. The van der Waals surface area contributed by atoms with E-state index in [2.05, 4.69) is 0 Å². The third-order valence-electron chi connectivity index (χ3n) is 5.39. The van der Waals surface area contributed by atoms with Gasteiger partial charge in [0.15, 0.2) is 0 Å². The van der Waals surface area contributed by atoms with Gasteiger partial charge in [-0.1, -0.05) is 37.6 Å². The van der Waals surface area contributed by atoms with E-state index in [-0.39, 0.29) is 29.3 Å². The van der Waals surface area contributed by atoms with Crippen LogP contribution in [-0.4, -0.2) is 40.2 Å². The van der Waals surface area contributed by atoms with Crippen molar-refractivity contribution in [1.82, 2.24) is 9.47 Å². The molecule has 0 aliphatic carbocycles. The number of nitrogens with zero attached hydrogens (tertiary/aromatic N) is 2. The largest absolute Gasteiger partial charge is 0.431 e. The van der Waals surface area contributed by atoms with E-state index in [4.69, 9.17) is 11.6 Å². The first-order valence-corrected chi connectivity index (χ1v) is 10.6. The van der Waals surface area contributed by atoms with Crippen molar-refractivity contribution in [3.05, 3.63) is 46.2 Å². The average molecular weight is 459 g/mol. The van der Waals surface area contributed by atoms with Gasteiger partial charge in [0.25, 0.3) is 5.91 Å². The van der Waals surface area contributed by atoms with Crippen LogP contribution in [0.4, 0.5) is 13.2 Å². The normalized spacial score (nSPS) is 13.2. The van der Waals surface area contributed by atoms with E-state index in [0.717, 1.165) is 4.57 Å². The van der Waals surface area contributed by atoms with Crippen LogP contribution in [0.15, 0.2) is 24.3 Å². The van der Waals surface area contributed by atoms with Gasteiger partial charge in [-0.15, -0.1) is 0 Å². The third-order valence-corrected chi connectivity index (χ3v) is 5.64. The average Bonchev–Trinajstić information content (AvgIpc) is 2.99. The molecule has 1 aromatic heterocycles. The fourth-order valence-electron chi connectivity index (χ4n) is 3.99. The zero-order valence-corrected chi connectivity index (χ0v) is 19.5. The minimum Gasteiger partial charge on any atom is -0.394 e. The maximum atomic E-state index is 14.1. The molecule has 0 saturated heterocycles. The lowest BCUT2D eigenvalue weighted by Crippen LogP contribution is -2.41. The molecule has 0 bridgehead atoms. The zero-order valence-electron chi connectivity index (χ0n) is 18.7. The van der Waals surface area contributed by atoms with E-state index in [1.54, 1.807) is 38.1 Å². The van der Waals surface area contributed by atoms with Crippen LogP contribution in [0.25, 0.3) is 11.1 Å². The Morgan fingerprint density at radius 3 is 2.13 bits per heavy atom. The van der Waals surface area contributed by atoms with Crippen molar-refractivity contribution in [3.63, 3.8) is 0 Å². The van der Waals surface area contributed by atoms with Crippen LogP contribution in [-0.2, 0) is 6.18 Å². The van der Waals surface area contributed by atoms with Crippen LogP contribution in [0.2, 0.25) is 5.02 Å². The molecule has 4 nitrogen and oxygen atoms in total. The number of halogens is 4. The van der Waals surface area contributed by atoms with Gasteiger partial charge in [-0.2, -0.15) is 13.2 Å². The van der Waals surface area contributed by atoms with Gasteiger partial charge in [0.1, 0.15) is 11.4 Å². The van der Waals surface area contributed by atoms with Crippen LogP contribution >= 0.6 is 11.6 Å². The van der Waals surface area contributed by atoms with Gasteiger partial charge in [0, 0.05) is 23.7 Å². The van der Waals surface area contributed by atoms with Crippen LogP contribution in [0.1, 0.15) is 61.9 Å². The fourth-order valence-corrected chi connectivity index (χ4v) is 4.11. The van der Waals surface area contributed by atoms with E-state index in [0.29, 0.717) is 17.0 Å². The molecule has 0 fully saturated rings. The van der Waals surface area contributed by atoms with Gasteiger partial charge in [0.05, 0.1) is 12.6 Å². The number of hydrogen-bond donors (Lipinski definition) is 1. The number of alkyl halides is 3. The van der Waals surface area contributed by atoms with E-state index < -0.39 is 29.9 Å². The molecular weight excluding hydrogens is 429 g/mol. The number of aromatic nitrogens is 1. The smallest absolute Gasteiger partial charge is 0.394 e. The molecule has 0 saturated carbocycles. The molecule has 1 unspecified atom stereocenters. The summed E-state index contributed by atoms with van der Waals surface area (Å²) in [5.74, 6) is -0.357. The molecule has 0 radical (unpaired) electrons. The van der Waals surface area contributed by atoms with Gasteiger partial charge >= 0.3 is 6.18 Å². The van der Waals surface area contributed by atoms with E-state index in [1.807, 2.05) is 13.8 Å². The molecule has 8 heteroatoms. The highest BCUT2D eigenvalue weighted by Crippen LogP contribution is 2.43. The summed E-state index contributed by atoms with van der Waals surface area (Å²) in [5.41, 5.74) is -0.172. The summed E-state index contributed by atoms with van der Waals surface area (Å²) in [6, 6.07) is 5.29. The van der Waals surface area contributed by atoms with E-state index >= 15 is 0 Å². The molecular formula is C23H30ClF3N2O2. The maximum Gasteiger partial charge on any atom is 0.431 e. The second-order valence-electron chi connectivity index (χ2n) is 8.55. The van der Waals surface area contributed by atoms with Gasteiger partial charge < -0.3 is 14.6 Å². The van der Waals surface area contributed by atoms with Gasteiger partial charge in [-0.25, -0.2) is 0 Å². The standard InChI is InChI=1S/C23H30ClF3N2O2/c1-13(2)11-18(12-30)28(6)22(31)20-19(16-7-9-17(24)10-8-16)15(5)21(23(25,26)27)29(20)14(3)4/h7-10,13-14,18,30H,11-12H2,1-6H3. The molecule has 2 rings (SSSR count). The lowest BCUT2D eigenvalue weighted by molar-refractivity contribution is -0.144. The van der Waals surface area contributed by atoms with Crippen LogP contribution in [0.3, 0.4) is 0 Å². The minimum atomic E-state index is -4.64. The van der Waals surface area contributed by atoms with Gasteiger partial charge in [0.2, 0.25) is 0 Å². The number of amides is 1. The Morgan fingerprint density at radius 2 is 1.71 bits per heavy atom. The predicted octanol–water partition coefficient (Wildman–Crippen LogP) is 6.20. The van der Waals surface area contributed by atoms with Crippen LogP contribution in [0, 0.1) is 12.8 Å². The summed E-state index contributed by atoms with van der Waals surface area (Å²) in [6.45, 7) is 8.28. The van der Waals surface area contributed by atoms with E-state index in [1.165, 1.54) is 18.9 Å². The molecule has 1 atom stereocenters. The van der Waals surface area contributed by atoms with Gasteiger partial charge in [-0.05, 0) is 56.4 Å². The molecule has 0 aliphatic rings. The Kier molecular flexibility index (Phi) is 7.87. The summed E-state index contributed by atoms with van der Waals surface area (Å²) >= 11 is 5.97. The molecule has 2 aromatic rings. The number of likely N-dealkylation sites (N-methyl/N-ethyl adjacent to an activating group) is 1. The Balaban J connectivity index is 2.82. The van der Waals surface area contributed by atoms with Crippen molar-refractivity contribution < 1.29 is 23.1 Å². The Labute approximate surface area is 186 Å².